The maximum atomic E-state index is 4.40. The van der Waals surface area contributed by atoms with Crippen LogP contribution in [0.1, 0.15) is 55.4 Å². The third-order valence-electron chi connectivity index (χ3n) is 3.53. The van der Waals surface area contributed by atoms with Crippen LogP contribution in [0.3, 0.4) is 0 Å². The zero-order chi connectivity index (χ0) is 14.5. The Hall–Kier alpha value is -1.74. The standard InChI is InChI=1S/C17H23N3/c1-12(2)15-5-7-16(8-6-15)13(3)19-11-17-9-10-18-14(4)20-17/h5-10,12-13,19H,11H2,1-4H3. The van der Waals surface area contributed by atoms with Gasteiger partial charge in [-0.15, -0.1) is 0 Å². The monoisotopic (exact) mass is 269 g/mol. The molecule has 0 fully saturated rings. The minimum atomic E-state index is 0.312. The van der Waals surface area contributed by atoms with Gasteiger partial charge in [-0.05, 0) is 37.0 Å². The summed E-state index contributed by atoms with van der Waals surface area (Å²) in [4.78, 5) is 8.51. The molecule has 0 saturated heterocycles. The molecule has 1 aromatic heterocycles. The van der Waals surface area contributed by atoms with Crippen LogP contribution in [0.2, 0.25) is 0 Å². The highest BCUT2D eigenvalue weighted by Gasteiger charge is 2.06. The van der Waals surface area contributed by atoms with Gasteiger partial charge in [-0.3, -0.25) is 0 Å². The lowest BCUT2D eigenvalue weighted by Gasteiger charge is -2.15. The molecule has 0 bridgehead atoms. The van der Waals surface area contributed by atoms with E-state index in [1.165, 1.54) is 11.1 Å². The number of benzene rings is 1. The van der Waals surface area contributed by atoms with Gasteiger partial charge < -0.3 is 5.32 Å². The highest BCUT2D eigenvalue weighted by molar-refractivity contribution is 5.26. The molecule has 2 rings (SSSR count). The zero-order valence-electron chi connectivity index (χ0n) is 12.7. The van der Waals surface area contributed by atoms with E-state index < -0.39 is 0 Å². The maximum Gasteiger partial charge on any atom is 0.125 e. The predicted octanol–water partition coefficient (Wildman–Crippen LogP) is 3.76. The molecular formula is C17H23N3. The Bertz CT molecular complexity index is 546. The van der Waals surface area contributed by atoms with Crippen LogP contribution in [-0.2, 0) is 6.54 Å². The van der Waals surface area contributed by atoms with Crippen LogP contribution in [0.15, 0.2) is 36.5 Å². The second-order valence-electron chi connectivity index (χ2n) is 5.52. The van der Waals surface area contributed by atoms with E-state index in [0.717, 1.165) is 18.1 Å². The molecule has 0 aliphatic carbocycles. The minimum Gasteiger partial charge on any atom is -0.305 e. The van der Waals surface area contributed by atoms with E-state index in [0.29, 0.717) is 12.0 Å². The number of aromatic nitrogens is 2. The molecule has 3 heteroatoms. The van der Waals surface area contributed by atoms with E-state index in [2.05, 4.69) is 60.3 Å². The van der Waals surface area contributed by atoms with Gasteiger partial charge in [-0.25, -0.2) is 9.97 Å². The molecule has 1 unspecified atom stereocenters. The summed E-state index contributed by atoms with van der Waals surface area (Å²) in [7, 11) is 0. The average Bonchev–Trinajstić information content (AvgIpc) is 2.45. The fourth-order valence-corrected chi connectivity index (χ4v) is 2.15. The summed E-state index contributed by atoms with van der Waals surface area (Å²) in [5.74, 6) is 1.40. The lowest BCUT2D eigenvalue weighted by atomic mass is 9.99. The van der Waals surface area contributed by atoms with Crippen molar-refractivity contribution in [2.45, 2.75) is 46.2 Å². The molecule has 1 N–H and O–H groups in total. The van der Waals surface area contributed by atoms with Gasteiger partial charge in [-0.2, -0.15) is 0 Å². The summed E-state index contributed by atoms with van der Waals surface area (Å²) in [6.45, 7) is 9.29. The van der Waals surface area contributed by atoms with Crippen molar-refractivity contribution in [3.05, 3.63) is 59.2 Å². The van der Waals surface area contributed by atoms with Gasteiger partial charge in [0, 0.05) is 18.8 Å². The quantitative estimate of drug-likeness (QED) is 0.898. The SMILES string of the molecule is Cc1nccc(CNC(C)c2ccc(C(C)C)cc2)n1. The molecule has 0 saturated carbocycles. The molecule has 1 atom stereocenters. The van der Waals surface area contributed by atoms with Gasteiger partial charge in [-0.1, -0.05) is 38.1 Å². The smallest absolute Gasteiger partial charge is 0.125 e. The predicted molar refractivity (Wildman–Crippen MR) is 82.6 cm³/mol. The molecule has 0 spiro atoms. The number of hydrogen-bond donors (Lipinski definition) is 1. The van der Waals surface area contributed by atoms with Crippen molar-refractivity contribution in [3.8, 4) is 0 Å². The second kappa shape index (κ2) is 6.62. The van der Waals surface area contributed by atoms with Crippen molar-refractivity contribution < 1.29 is 0 Å². The number of nitrogens with one attached hydrogen (secondary N) is 1. The van der Waals surface area contributed by atoms with Gasteiger partial charge in [0.2, 0.25) is 0 Å². The van der Waals surface area contributed by atoms with E-state index in [-0.39, 0.29) is 0 Å². The minimum absolute atomic E-state index is 0.312. The first kappa shape index (κ1) is 14.7. The van der Waals surface area contributed by atoms with E-state index >= 15 is 0 Å². The van der Waals surface area contributed by atoms with E-state index in [4.69, 9.17) is 0 Å². The molecule has 20 heavy (non-hydrogen) atoms. The Morgan fingerprint density at radius 2 is 1.65 bits per heavy atom. The van der Waals surface area contributed by atoms with E-state index in [9.17, 15) is 0 Å². The molecule has 0 aliphatic rings. The number of rotatable bonds is 5. The molecular weight excluding hydrogens is 246 g/mol. The fraction of sp³-hybridized carbons (Fsp3) is 0.412. The normalized spacial score (nSPS) is 12.7. The average molecular weight is 269 g/mol. The summed E-state index contributed by atoms with van der Waals surface area (Å²) < 4.78 is 0. The van der Waals surface area contributed by atoms with Crippen molar-refractivity contribution in [2.24, 2.45) is 0 Å². The van der Waals surface area contributed by atoms with Crippen molar-refractivity contribution >= 4 is 0 Å². The van der Waals surface area contributed by atoms with Crippen LogP contribution in [0, 0.1) is 6.92 Å². The van der Waals surface area contributed by atoms with Gasteiger partial charge in [0.05, 0.1) is 5.69 Å². The molecule has 3 nitrogen and oxygen atoms in total. The zero-order valence-corrected chi connectivity index (χ0v) is 12.7. The van der Waals surface area contributed by atoms with Crippen LogP contribution < -0.4 is 5.32 Å². The fourth-order valence-electron chi connectivity index (χ4n) is 2.15. The van der Waals surface area contributed by atoms with Crippen molar-refractivity contribution in [1.29, 1.82) is 0 Å². The lowest BCUT2D eigenvalue weighted by molar-refractivity contribution is 0.566. The van der Waals surface area contributed by atoms with Crippen LogP contribution in [0.5, 0.6) is 0 Å². The summed E-state index contributed by atoms with van der Waals surface area (Å²) in [5.41, 5.74) is 3.72. The summed E-state index contributed by atoms with van der Waals surface area (Å²) in [5, 5.41) is 3.50. The number of hydrogen-bond acceptors (Lipinski definition) is 3. The third kappa shape index (κ3) is 3.87. The molecule has 0 aliphatic heterocycles. The Morgan fingerprint density at radius 3 is 2.25 bits per heavy atom. The van der Waals surface area contributed by atoms with E-state index in [1.54, 1.807) is 6.20 Å². The van der Waals surface area contributed by atoms with Crippen molar-refractivity contribution in [3.63, 3.8) is 0 Å². The molecule has 0 radical (unpaired) electrons. The Kier molecular flexibility index (Phi) is 4.85. The van der Waals surface area contributed by atoms with Crippen LogP contribution in [0.25, 0.3) is 0 Å². The number of nitrogens with zero attached hydrogens (tertiary/aromatic N) is 2. The Labute approximate surface area is 121 Å². The first-order chi connectivity index (χ1) is 9.56. The second-order valence-corrected chi connectivity index (χ2v) is 5.52. The van der Waals surface area contributed by atoms with Crippen LogP contribution in [0.4, 0.5) is 0 Å². The number of aryl methyl sites for hydroxylation is 1. The van der Waals surface area contributed by atoms with Gasteiger partial charge in [0.1, 0.15) is 5.82 Å². The highest BCUT2D eigenvalue weighted by Crippen LogP contribution is 2.18. The van der Waals surface area contributed by atoms with Gasteiger partial charge in [0.25, 0.3) is 0 Å². The molecule has 1 aromatic carbocycles. The first-order valence-electron chi connectivity index (χ1n) is 7.18. The Balaban J connectivity index is 1.96. The summed E-state index contributed by atoms with van der Waals surface area (Å²) >= 11 is 0. The summed E-state index contributed by atoms with van der Waals surface area (Å²) in [6, 6.07) is 11.1. The Morgan fingerprint density at radius 1 is 1.00 bits per heavy atom. The van der Waals surface area contributed by atoms with E-state index in [1.807, 2.05) is 13.0 Å². The molecule has 2 aromatic rings. The lowest BCUT2D eigenvalue weighted by Crippen LogP contribution is -2.19. The van der Waals surface area contributed by atoms with Crippen LogP contribution in [-0.4, -0.2) is 9.97 Å². The van der Waals surface area contributed by atoms with Crippen molar-refractivity contribution in [2.75, 3.05) is 0 Å². The highest BCUT2D eigenvalue weighted by atomic mass is 14.9. The molecule has 0 amide bonds. The third-order valence-corrected chi connectivity index (χ3v) is 3.53. The topological polar surface area (TPSA) is 37.8 Å². The van der Waals surface area contributed by atoms with Gasteiger partial charge in [0.15, 0.2) is 0 Å². The molecule has 106 valence electrons. The first-order valence-corrected chi connectivity index (χ1v) is 7.18. The van der Waals surface area contributed by atoms with Crippen molar-refractivity contribution in [1.82, 2.24) is 15.3 Å². The van der Waals surface area contributed by atoms with Gasteiger partial charge >= 0.3 is 0 Å². The van der Waals surface area contributed by atoms with Crippen LogP contribution >= 0.6 is 0 Å². The maximum absolute atomic E-state index is 4.40. The summed E-state index contributed by atoms with van der Waals surface area (Å²) in [6.07, 6.45) is 1.81. The largest absolute Gasteiger partial charge is 0.305 e. The molecule has 1 heterocycles.